The van der Waals surface area contributed by atoms with Crippen molar-refractivity contribution >= 4 is 21.5 Å². The van der Waals surface area contributed by atoms with Crippen molar-refractivity contribution in [3.8, 4) is 0 Å². The number of piperidine rings is 1. The molecular formula is C14H25N5O4S. The van der Waals surface area contributed by atoms with Gasteiger partial charge in [0.25, 0.3) is 0 Å². The molecule has 0 spiro atoms. The Morgan fingerprint density at radius 2 is 1.96 bits per heavy atom. The van der Waals surface area contributed by atoms with Gasteiger partial charge in [0, 0.05) is 26.2 Å². The second-order valence-electron chi connectivity index (χ2n) is 6.01. The molecule has 1 aliphatic rings. The third-order valence-corrected chi connectivity index (χ3v) is 6.34. The summed E-state index contributed by atoms with van der Waals surface area (Å²) in [5.74, 6) is 0.560. The van der Waals surface area contributed by atoms with E-state index >= 15 is 0 Å². The summed E-state index contributed by atoms with van der Waals surface area (Å²) in [7, 11) is -1.50. The molecule has 10 heteroatoms. The van der Waals surface area contributed by atoms with Crippen LogP contribution in [0.15, 0.2) is 0 Å². The largest absolute Gasteiger partial charge is 0.362 e. The van der Waals surface area contributed by atoms with E-state index in [1.807, 2.05) is 13.8 Å². The van der Waals surface area contributed by atoms with Crippen LogP contribution in [-0.2, 0) is 23.5 Å². The van der Waals surface area contributed by atoms with Crippen molar-refractivity contribution in [2.24, 2.45) is 7.05 Å². The summed E-state index contributed by atoms with van der Waals surface area (Å²) in [4.78, 5) is 10.9. The van der Waals surface area contributed by atoms with Gasteiger partial charge < -0.3 is 5.32 Å². The molecule has 0 amide bonds. The number of hydrogen-bond donors (Lipinski definition) is 1. The van der Waals surface area contributed by atoms with Crippen LogP contribution in [0.1, 0.15) is 38.8 Å². The Kier molecular flexibility index (Phi) is 5.81. The molecule has 0 saturated carbocycles. The van der Waals surface area contributed by atoms with Crippen LogP contribution in [0.4, 0.5) is 11.5 Å². The van der Waals surface area contributed by atoms with Crippen LogP contribution in [-0.4, -0.2) is 52.3 Å². The van der Waals surface area contributed by atoms with Crippen LogP contribution < -0.4 is 5.32 Å². The Labute approximate surface area is 142 Å². The van der Waals surface area contributed by atoms with Gasteiger partial charge >= 0.3 is 5.69 Å². The fourth-order valence-electron chi connectivity index (χ4n) is 3.02. The molecule has 0 aromatic carbocycles. The zero-order valence-electron chi connectivity index (χ0n) is 14.4. The highest BCUT2D eigenvalue weighted by atomic mass is 32.2. The van der Waals surface area contributed by atoms with Gasteiger partial charge in [-0.25, -0.2) is 17.4 Å². The third-order valence-electron chi connectivity index (χ3n) is 4.26. The molecule has 1 aromatic heterocycles. The first kappa shape index (κ1) is 18.7. The fourth-order valence-corrected chi connectivity index (χ4v) is 4.56. The second-order valence-corrected chi connectivity index (χ2v) is 8.10. The maximum atomic E-state index is 12.1. The molecule has 0 aliphatic carbocycles. The Morgan fingerprint density at radius 3 is 2.46 bits per heavy atom. The summed E-state index contributed by atoms with van der Waals surface area (Å²) in [6.45, 7) is 4.55. The average Bonchev–Trinajstić information content (AvgIpc) is 2.84. The van der Waals surface area contributed by atoms with E-state index in [1.165, 1.54) is 8.99 Å². The summed E-state index contributed by atoms with van der Waals surface area (Å²) in [5, 5.41) is 18.7. The van der Waals surface area contributed by atoms with E-state index in [4.69, 9.17) is 0 Å². The minimum absolute atomic E-state index is 0.00289. The Hall–Kier alpha value is -1.68. The van der Waals surface area contributed by atoms with Crippen molar-refractivity contribution in [1.82, 2.24) is 14.1 Å². The fraction of sp³-hybridized carbons (Fsp3) is 0.786. The minimum Gasteiger partial charge on any atom is -0.362 e. The predicted octanol–water partition coefficient (Wildman–Crippen LogP) is 1.51. The number of aryl methyl sites for hydroxylation is 2. The maximum absolute atomic E-state index is 12.1. The molecule has 1 aliphatic heterocycles. The molecule has 24 heavy (non-hydrogen) atoms. The van der Waals surface area contributed by atoms with E-state index in [9.17, 15) is 18.5 Å². The Morgan fingerprint density at radius 1 is 1.33 bits per heavy atom. The van der Waals surface area contributed by atoms with Crippen molar-refractivity contribution in [2.75, 3.05) is 24.2 Å². The van der Waals surface area contributed by atoms with E-state index in [-0.39, 0.29) is 17.5 Å². The third kappa shape index (κ3) is 3.86. The van der Waals surface area contributed by atoms with E-state index in [2.05, 4.69) is 10.4 Å². The number of anilines is 1. The number of nitrogens with zero attached hydrogens (tertiary/aromatic N) is 4. The molecule has 1 fully saturated rings. The smallest absolute Gasteiger partial charge is 0.333 e. The van der Waals surface area contributed by atoms with Gasteiger partial charge in [0.15, 0.2) is 0 Å². The van der Waals surface area contributed by atoms with Gasteiger partial charge in [-0.1, -0.05) is 13.8 Å². The van der Waals surface area contributed by atoms with Gasteiger partial charge in [-0.2, -0.15) is 5.10 Å². The van der Waals surface area contributed by atoms with Crippen LogP contribution in [0.2, 0.25) is 0 Å². The SMILES string of the molecule is CCCS(=O)(=O)N1CCC(Nc2c([N+](=O)[O-])c(CC)nn2C)CC1. The highest BCUT2D eigenvalue weighted by molar-refractivity contribution is 7.89. The first-order valence-electron chi connectivity index (χ1n) is 8.24. The maximum Gasteiger partial charge on any atom is 0.333 e. The van der Waals surface area contributed by atoms with Crippen LogP contribution in [0.3, 0.4) is 0 Å². The van der Waals surface area contributed by atoms with E-state index in [1.54, 1.807) is 7.05 Å². The number of hydrogen-bond acceptors (Lipinski definition) is 6. The Balaban J connectivity index is 2.07. The molecule has 0 unspecified atom stereocenters. The van der Waals surface area contributed by atoms with Crippen molar-refractivity contribution in [3.05, 3.63) is 15.8 Å². The lowest BCUT2D eigenvalue weighted by molar-refractivity contribution is -0.384. The second kappa shape index (κ2) is 7.47. The van der Waals surface area contributed by atoms with Gasteiger partial charge in [-0.05, 0) is 25.7 Å². The number of rotatable bonds is 7. The van der Waals surface area contributed by atoms with Crippen LogP contribution >= 0.6 is 0 Å². The van der Waals surface area contributed by atoms with Gasteiger partial charge in [-0.3, -0.25) is 10.1 Å². The molecule has 2 rings (SSSR count). The quantitative estimate of drug-likeness (QED) is 0.583. The van der Waals surface area contributed by atoms with Crippen molar-refractivity contribution in [3.63, 3.8) is 0 Å². The van der Waals surface area contributed by atoms with Crippen molar-refractivity contribution < 1.29 is 13.3 Å². The monoisotopic (exact) mass is 359 g/mol. The van der Waals surface area contributed by atoms with E-state index in [0.29, 0.717) is 50.3 Å². The molecule has 136 valence electrons. The van der Waals surface area contributed by atoms with E-state index in [0.717, 1.165) is 0 Å². The first-order valence-corrected chi connectivity index (χ1v) is 9.85. The highest BCUT2D eigenvalue weighted by Gasteiger charge is 2.31. The minimum atomic E-state index is -3.18. The summed E-state index contributed by atoms with van der Waals surface area (Å²) in [6.07, 6.45) is 2.32. The lowest BCUT2D eigenvalue weighted by Gasteiger charge is -2.31. The van der Waals surface area contributed by atoms with E-state index < -0.39 is 14.9 Å². The van der Waals surface area contributed by atoms with Crippen LogP contribution in [0.25, 0.3) is 0 Å². The zero-order valence-corrected chi connectivity index (χ0v) is 15.2. The van der Waals surface area contributed by atoms with Gasteiger partial charge in [0.05, 0.1) is 10.7 Å². The lowest BCUT2D eigenvalue weighted by Crippen LogP contribution is -2.43. The highest BCUT2D eigenvalue weighted by Crippen LogP contribution is 2.30. The zero-order chi connectivity index (χ0) is 17.9. The topological polar surface area (TPSA) is 110 Å². The number of nitro groups is 1. The lowest BCUT2D eigenvalue weighted by atomic mass is 10.1. The average molecular weight is 359 g/mol. The summed E-state index contributed by atoms with van der Waals surface area (Å²) in [6, 6.07) is -0.00289. The molecule has 0 atom stereocenters. The normalized spacial score (nSPS) is 17.1. The number of nitrogens with one attached hydrogen (secondary N) is 1. The molecular weight excluding hydrogens is 334 g/mol. The van der Waals surface area contributed by atoms with Crippen molar-refractivity contribution in [2.45, 2.75) is 45.6 Å². The standard InChI is InChI=1S/C14H25N5O4S/c1-4-10-24(22,23)18-8-6-11(7-9-18)15-14-13(19(20)21)12(5-2)16-17(14)3/h11,15H,4-10H2,1-3H3. The number of sulfonamides is 1. The van der Waals surface area contributed by atoms with Gasteiger partial charge in [0.2, 0.25) is 15.8 Å². The first-order chi connectivity index (χ1) is 11.3. The van der Waals surface area contributed by atoms with Crippen LogP contribution in [0, 0.1) is 10.1 Å². The molecule has 1 N–H and O–H groups in total. The predicted molar refractivity (Wildman–Crippen MR) is 91.5 cm³/mol. The van der Waals surface area contributed by atoms with Crippen molar-refractivity contribution in [1.29, 1.82) is 0 Å². The molecule has 2 heterocycles. The molecule has 0 bridgehead atoms. The van der Waals surface area contributed by atoms with Gasteiger partial charge in [0.1, 0.15) is 5.69 Å². The molecule has 9 nitrogen and oxygen atoms in total. The summed E-state index contributed by atoms with van der Waals surface area (Å²) in [5.41, 5.74) is 0.467. The molecule has 1 aromatic rings. The molecule has 1 saturated heterocycles. The summed E-state index contributed by atoms with van der Waals surface area (Å²) >= 11 is 0. The molecule has 0 radical (unpaired) electrons. The van der Waals surface area contributed by atoms with Crippen LogP contribution in [0.5, 0.6) is 0 Å². The Bertz CT molecular complexity index is 692. The summed E-state index contributed by atoms with van der Waals surface area (Å²) < 4.78 is 27.2. The van der Waals surface area contributed by atoms with Gasteiger partial charge in [-0.15, -0.1) is 0 Å². The number of aromatic nitrogens is 2.